The van der Waals surface area contributed by atoms with Crippen LogP contribution < -0.4 is 14.2 Å². The predicted molar refractivity (Wildman–Crippen MR) is 132 cm³/mol. The zero-order valence-electron chi connectivity index (χ0n) is 19.2. The van der Waals surface area contributed by atoms with E-state index in [1.54, 1.807) is 0 Å². The van der Waals surface area contributed by atoms with E-state index in [2.05, 4.69) is 58.2 Å². The molecule has 0 saturated carbocycles. The van der Waals surface area contributed by atoms with E-state index in [0.717, 1.165) is 57.2 Å². The number of hydrogen-bond acceptors (Lipinski definition) is 5. The highest BCUT2D eigenvalue weighted by Crippen LogP contribution is 2.42. The second kappa shape index (κ2) is 8.37. The van der Waals surface area contributed by atoms with E-state index in [4.69, 9.17) is 14.2 Å². The van der Waals surface area contributed by atoms with Gasteiger partial charge in [-0.2, -0.15) is 0 Å². The van der Waals surface area contributed by atoms with Crippen LogP contribution in [0, 0.1) is 6.92 Å². The fourth-order valence-corrected chi connectivity index (χ4v) is 4.60. The molecule has 3 heterocycles. The van der Waals surface area contributed by atoms with E-state index in [-0.39, 0.29) is 0 Å². The van der Waals surface area contributed by atoms with Gasteiger partial charge >= 0.3 is 0 Å². The molecule has 0 unspecified atom stereocenters. The Kier molecular flexibility index (Phi) is 5.06. The van der Waals surface area contributed by atoms with Gasteiger partial charge in [-0.15, -0.1) is 10.2 Å². The van der Waals surface area contributed by atoms with E-state index >= 15 is 0 Å². The molecular weight excluding hydrogens is 426 g/mol. The Morgan fingerprint density at radius 3 is 2.44 bits per heavy atom. The third kappa shape index (κ3) is 3.61. The van der Waals surface area contributed by atoms with Crippen molar-refractivity contribution in [3.8, 4) is 39.8 Å². The number of ether oxygens (including phenoxy) is 3. The summed E-state index contributed by atoms with van der Waals surface area (Å²) in [5.74, 6) is 2.36. The number of nitrogens with zero attached hydrogens (tertiary/aromatic N) is 3. The first kappa shape index (κ1) is 20.5. The molecule has 3 aromatic carbocycles. The van der Waals surface area contributed by atoms with Crippen molar-refractivity contribution in [1.29, 1.82) is 0 Å². The van der Waals surface area contributed by atoms with Crippen LogP contribution in [-0.4, -0.2) is 34.6 Å². The summed E-state index contributed by atoms with van der Waals surface area (Å²) in [5, 5.41) is 10.2. The van der Waals surface area contributed by atoms with Crippen LogP contribution in [0.1, 0.15) is 18.1 Å². The number of pyridine rings is 1. The van der Waals surface area contributed by atoms with Gasteiger partial charge in [-0.3, -0.25) is 0 Å². The van der Waals surface area contributed by atoms with Gasteiger partial charge in [-0.05, 0) is 49.7 Å². The lowest BCUT2D eigenvalue weighted by Gasteiger charge is -2.21. The largest absolute Gasteiger partial charge is 0.494 e. The number of fused-ring (bicyclic) bond motifs is 4. The van der Waals surface area contributed by atoms with E-state index in [0.29, 0.717) is 19.8 Å². The molecule has 0 aromatic heterocycles. The van der Waals surface area contributed by atoms with Crippen molar-refractivity contribution in [3.63, 3.8) is 0 Å². The molecule has 34 heavy (non-hydrogen) atoms. The average molecular weight is 452 g/mol. The molecule has 0 aliphatic carbocycles. The van der Waals surface area contributed by atoms with E-state index in [1.807, 2.05) is 37.3 Å². The SMILES string of the molecule is CCOc1ccc(-c2nnc3c4cc5c(cc4n(Cc4cccc(C)c4)cc2-3)OCCO5)cc1. The maximum Gasteiger partial charge on any atom is 0.163 e. The van der Waals surface area contributed by atoms with Crippen molar-refractivity contribution in [2.45, 2.75) is 20.4 Å². The van der Waals surface area contributed by atoms with Crippen LogP contribution >= 0.6 is 0 Å². The Morgan fingerprint density at radius 1 is 0.912 bits per heavy atom. The molecule has 0 N–H and O–H groups in total. The van der Waals surface area contributed by atoms with Crippen LogP contribution in [0.2, 0.25) is 0 Å². The van der Waals surface area contributed by atoms with Gasteiger partial charge in [-0.1, -0.05) is 29.8 Å². The molecule has 0 radical (unpaired) electrons. The number of benzene rings is 3. The Hall–Kier alpha value is -4.06. The van der Waals surface area contributed by atoms with Crippen LogP contribution in [0.25, 0.3) is 33.4 Å². The van der Waals surface area contributed by atoms with E-state index in [9.17, 15) is 0 Å². The monoisotopic (exact) mass is 451 g/mol. The summed E-state index contributed by atoms with van der Waals surface area (Å²) in [5.41, 5.74) is 7.23. The number of rotatable bonds is 5. The van der Waals surface area contributed by atoms with Crippen molar-refractivity contribution in [1.82, 2.24) is 14.8 Å². The van der Waals surface area contributed by atoms with Crippen LogP contribution in [0.3, 0.4) is 0 Å². The van der Waals surface area contributed by atoms with Crippen molar-refractivity contribution in [3.05, 3.63) is 78.0 Å². The second-order valence-corrected chi connectivity index (χ2v) is 8.53. The Labute approximate surface area is 198 Å². The predicted octanol–water partition coefficient (Wildman–Crippen LogP) is 5.73. The smallest absolute Gasteiger partial charge is 0.163 e. The highest BCUT2D eigenvalue weighted by Gasteiger charge is 2.23. The highest BCUT2D eigenvalue weighted by molar-refractivity contribution is 5.99. The summed E-state index contributed by atoms with van der Waals surface area (Å²) in [6.07, 6.45) is 2.15. The first-order chi connectivity index (χ1) is 16.7. The molecule has 6 nitrogen and oxygen atoms in total. The average Bonchev–Trinajstić information content (AvgIpc) is 3.28. The van der Waals surface area contributed by atoms with Crippen molar-refractivity contribution in [2.75, 3.05) is 19.8 Å². The summed E-state index contributed by atoms with van der Waals surface area (Å²) in [6.45, 7) is 6.56. The summed E-state index contributed by atoms with van der Waals surface area (Å²) in [4.78, 5) is 0. The van der Waals surface area contributed by atoms with Crippen molar-refractivity contribution >= 4 is 10.9 Å². The van der Waals surface area contributed by atoms with E-state index in [1.165, 1.54) is 11.1 Å². The first-order valence-corrected chi connectivity index (χ1v) is 11.6. The van der Waals surface area contributed by atoms with Gasteiger partial charge in [-0.25, -0.2) is 0 Å². The third-order valence-electron chi connectivity index (χ3n) is 6.14. The van der Waals surface area contributed by atoms with Gasteiger partial charge in [0.15, 0.2) is 11.5 Å². The van der Waals surface area contributed by atoms with Gasteiger partial charge in [0.1, 0.15) is 30.4 Å². The van der Waals surface area contributed by atoms with Gasteiger partial charge in [0.25, 0.3) is 0 Å². The molecule has 3 aliphatic rings. The topological polar surface area (TPSA) is 58.4 Å². The summed E-state index contributed by atoms with van der Waals surface area (Å²) in [6, 6.07) is 20.7. The fraction of sp³-hybridized carbons (Fsp3) is 0.214. The maximum absolute atomic E-state index is 5.89. The van der Waals surface area contributed by atoms with Gasteiger partial charge in [0.05, 0.1) is 12.1 Å². The Bertz CT molecular complexity index is 1460. The molecule has 0 spiro atoms. The van der Waals surface area contributed by atoms with Crippen LogP contribution in [-0.2, 0) is 6.54 Å². The summed E-state index contributed by atoms with van der Waals surface area (Å²) < 4.78 is 19.6. The van der Waals surface area contributed by atoms with Crippen molar-refractivity contribution < 1.29 is 14.2 Å². The van der Waals surface area contributed by atoms with Gasteiger partial charge in [0, 0.05) is 35.3 Å². The minimum absolute atomic E-state index is 0.544. The molecular formula is C28H25N3O3. The zero-order valence-corrected chi connectivity index (χ0v) is 19.2. The fourth-order valence-electron chi connectivity index (χ4n) is 4.60. The molecule has 170 valence electrons. The maximum atomic E-state index is 5.89. The molecule has 0 saturated heterocycles. The Morgan fingerprint density at radius 2 is 1.68 bits per heavy atom. The van der Waals surface area contributed by atoms with Crippen LogP contribution in [0.4, 0.5) is 0 Å². The van der Waals surface area contributed by atoms with Gasteiger partial charge < -0.3 is 18.8 Å². The minimum atomic E-state index is 0.544. The Balaban J connectivity index is 1.54. The first-order valence-electron chi connectivity index (χ1n) is 11.6. The molecule has 6 rings (SSSR count). The zero-order chi connectivity index (χ0) is 23.1. The van der Waals surface area contributed by atoms with E-state index < -0.39 is 0 Å². The molecule has 3 aromatic rings. The molecule has 0 fully saturated rings. The molecule has 0 atom stereocenters. The highest BCUT2D eigenvalue weighted by atomic mass is 16.6. The summed E-state index contributed by atoms with van der Waals surface area (Å²) in [7, 11) is 0. The van der Waals surface area contributed by atoms with Crippen LogP contribution in [0.15, 0.2) is 66.9 Å². The number of hydrogen-bond donors (Lipinski definition) is 0. The molecule has 6 heteroatoms. The standard InChI is InChI=1S/C28H25N3O3/c1-3-32-21-9-7-20(8-10-21)27-23-17-31(16-19-6-4-5-18(2)13-19)24-15-26-25(33-11-12-34-26)14-22(24)28(23)30-29-27/h4-10,13-15,17H,3,11-12,16H2,1-2H3. The van der Waals surface area contributed by atoms with Crippen LogP contribution in [0.5, 0.6) is 17.2 Å². The lowest BCUT2D eigenvalue weighted by molar-refractivity contribution is 0.172. The third-order valence-corrected chi connectivity index (χ3v) is 6.14. The van der Waals surface area contributed by atoms with Crippen molar-refractivity contribution in [2.24, 2.45) is 0 Å². The lowest BCUT2D eigenvalue weighted by atomic mass is 10.0. The minimum Gasteiger partial charge on any atom is -0.494 e. The molecule has 0 bridgehead atoms. The quantitative estimate of drug-likeness (QED) is 0.342. The van der Waals surface area contributed by atoms with Gasteiger partial charge in [0.2, 0.25) is 0 Å². The lowest BCUT2D eigenvalue weighted by Crippen LogP contribution is -2.15. The number of aryl methyl sites for hydroxylation is 1. The second-order valence-electron chi connectivity index (χ2n) is 8.53. The normalized spacial score (nSPS) is 12.9. The summed E-state index contributed by atoms with van der Waals surface area (Å²) >= 11 is 0. The molecule has 3 aliphatic heterocycles. The molecule has 0 amide bonds. The number of aromatic nitrogens is 3.